The topological polar surface area (TPSA) is 76.2 Å². The van der Waals surface area contributed by atoms with Crippen molar-refractivity contribution in [2.75, 3.05) is 13.1 Å². The fourth-order valence-corrected chi connectivity index (χ4v) is 3.23. The van der Waals surface area contributed by atoms with Crippen molar-refractivity contribution < 1.29 is 13.7 Å². The number of aromatic nitrogens is 3. The molecule has 3 heterocycles. The maximum Gasteiger partial charge on any atom is 0.221 e. The number of nitrogens with one attached hydrogen (secondary N) is 1. The summed E-state index contributed by atoms with van der Waals surface area (Å²) in [7, 11) is 0. The summed E-state index contributed by atoms with van der Waals surface area (Å²) in [6.07, 6.45) is 3.43. The van der Waals surface area contributed by atoms with Gasteiger partial charge in [0.05, 0.1) is 5.69 Å². The monoisotopic (exact) mass is 349 g/mol. The third-order valence-electron chi connectivity index (χ3n) is 4.68. The smallest absolute Gasteiger partial charge is 0.221 e. The number of hydrogen-bond donors (Lipinski definition) is 1. The highest BCUT2D eigenvalue weighted by Crippen LogP contribution is 2.24. The van der Waals surface area contributed by atoms with Gasteiger partial charge in [-0.25, -0.2) is 4.39 Å². The van der Waals surface area contributed by atoms with E-state index in [1.54, 1.807) is 10.9 Å². The van der Waals surface area contributed by atoms with Crippen molar-refractivity contribution >= 4 is 5.91 Å². The molecule has 7 nitrogen and oxygen atoms in total. The Morgan fingerprint density at radius 2 is 2.32 bits per heavy atom. The van der Waals surface area contributed by atoms with Crippen molar-refractivity contribution in [1.82, 2.24) is 25.2 Å². The molecule has 1 aliphatic rings. The number of amides is 1. The molecule has 136 valence electrons. The molecule has 0 aromatic carbocycles. The van der Waals surface area contributed by atoms with Crippen molar-refractivity contribution in [2.24, 2.45) is 0 Å². The summed E-state index contributed by atoms with van der Waals surface area (Å²) in [6, 6.07) is 1.81. The summed E-state index contributed by atoms with van der Waals surface area (Å²) < 4.78 is 20.8. The summed E-state index contributed by atoms with van der Waals surface area (Å²) in [5, 5.41) is 10.9. The summed E-state index contributed by atoms with van der Waals surface area (Å²) in [4.78, 5) is 14.1. The first-order chi connectivity index (χ1) is 12.0. The van der Waals surface area contributed by atoms with Crippen LogP contribution in [0.5, 0.6) is 0 Å². The Labute approximate surface area is 146 Å². The van der Waals surface area contributed by atoms with Crippen molar-refractivity contribution in [3.8, 4) is 0 Å². The number of rotatable bonds is 7. The van der Waals surface area contributed by atoms with E-state index in [4.69, 9.17) is 4.52 Å². The second-order valence-electron chi connectivity index (χ2n) is 6.54. The van der Waals surface area contributed by atoms with Gasteiger partial charge in [0.15, 0.2) is 0 Å². The van der Waals surface area contributed by atoms with E-state index in [1.807, 2.05) is 26.1 Å². The molecule has 0 spiro atoms. The summed E-state index contributed by atoms with van der Waals surface area (Å²) >= 11 is 0. The van der Waals surface area contributed by atoms with E-state index in [-0.39, 0.29) is 11.9 Å². The van der Waals surface area contributed by atoms with E-state index in [9.17, 15) is 9.18 Å². The van der Waals surface area contributed by atoms with Gasteiger partial charge in [-0.1, -0.05) is 5.16 Å². The van der Waals surface area contributed by atoms with Crippen LogP contribution in [0.15, 0.2) is 23.0 Å². The van der Waals surface area contributed by atoms with Crippen LogP contribution >= 0.6 is 0 Å². The van der Waals surface area contributed by atoms with Crippen LogP contribution in [-0.4, -0.2) is 51.0 Å². The quantitative estimate of drug-likeness (QED) is 0.822. The molecule has 0 bridgehead atoms. The van der Waals surface area contributed by atoms with Crippen LogP contribution in [-0.2, 0) is 17.9 Å². The normalized spacial score (nSPS) is 20.9. The highest BCUT2D eigenvalue weighted by molar-refractivity contribution is 5.75. The van der Waals surface area contributed by atoms with Crippen LogP contribution < -0.4 is 5.32 Å². The second-order valence-corrected chi connectivity index (χ2v) is 6.54. The Morgan fingerprint density at radius 1 is 1.48 bits per heavy atom. The zero-order valence-electron chi connectivity index (χ0n) is 14.6. The number of aryl methyl sites for hydroxylation is 3. The van der Waals surface area contributed by atoms with Gasteiger partial charge in [-0.05, 0) is 26.3 Å². The lowest BCUT2D eigenvalue weighted by molar-refractivity contribution is -0.121. The lowest BCUT2D eigenvalue weighted by atomic mass is 10.1. The van der Waals surface area contributed by atoms with Crippen LogP contribution in [0.25, 0.3) is 0 Å². The van der Waals surface area contributed by atoms with E-state index in [2.05, 4.69) is 20.5 Å². The lowest BCUT2D eigenvalue weighted by Gasteiger charge is -2.24. The third kappa shape index (κ3) is 4.45. The molecule has 1 N–H and O–H groups in total. The molecule has 0 radical (unpaired) electrons. The predicted molar refractivity (Wildman–Crippen MR) is 89.5 cm³/mol. The number of alkyl halides is 1. The van der Waals surface area contributed by atoms with Gasteiger partial charge in [0.25, 0.3) is 0 Å². The zero-order chi connectivity index (χ0) is 17.8. The second kappa shape index (κ2) is 7.77. The largest absolute Gasteiger partial charge is 0.361 e. The summed E-state index contributed by atoms with van der Waals surface area (Å²) in [5.74, 6) is 0.719. The van der Waals surface area contributed by atoms with Gasteiger partial charge in [-0.15, -0.1) is 0 Å². The van der Waals surface area contributed by atoms with Crippen LogP contribution in [0.4, 0.5) is 4.39 Å². The van der Waals surface area contributed by atoms with Crippen molar-refractivity contribution in [2.45, 2.75) is 52.0 Å². The molecule has 1 amide bonds. The van der Waals surface area contributed by atoms with Crippen LogP contribution in [0.1, 0.15) is 29.9 Å². The fraction of sp³-hybridized carbons (Fsp3) is 0.588. The highest BCUT2D eigenvalue weighted by Gasteiger charge is 2.33. The first-order valence-electron chi connectivity index (χ1n) is 8.57. The molecule has 2 aromatic rings. The van der Waals surface area contributed by atoms with E-state index >= 15 is 0 Å². The van der Waals surface area contributed by atoms with Gasteiger partial charge in [0, 0.05) is 56.6 Å². The molecule has 2 aromatic heterocycles. The minimum atomic E-state index is -0.869. The van der Waals surface area contributed by atoms with Gasteiger partial charge in [-0.2, -0.15) is 5.10 Å². The number of carbonyl (C=O) groups is 1. The minimum absolute atomic E-state index is 0.0163. The Balaban J connectivity index is 1.50. The first-order valence-corrected chi connectivity index (χ1v) is 8.57. The predicted octanol–water partition coefficient (Wildman–Crippen LogP) is 1.61. The van der Waals surface area contributed by atoms with Crippen molar-refractivity contribution in [3.05, 3.63) is 35.5 Å². The Kier molecular flexibility index (Phi) is 5.47. The third-order valence-corrected chi connectivity index (χ3v) is 4.68. The van der Waals surface area contributed by atoms with E-state index in [0.29, 0.717) is 39.0 Å². The first kappa shape index (κ1) is 17.6. The molecule has 2 atom stereocenters. The van der Waals surface area contributed by atoms with Gasteiger partial charge in [0.2, 0.25) is 5.91 Å². The summed E-state index contributed by atoms with van der Waals surface area (Å²) in [6.45, 7) is 5.71. The Morgan fingerprint density at radius 3 is 3.00 bits per heavy atom. The molecule has 0 aliphatic carbocycles. The van der Waals surface area contributed by atoms with Gasteiger partial charge >= 0.3 is 0 Å². The van der Waals surface area contributed by atoms with Crippen molar-refractivity contribution in [3.63, 3.8) is 0 Å². The fourth-order valence-electron chi connectivity index (χ4n) is 3.23. The van der Waals surface area contributed by atoms with Crippen LogP contribution in [0.2, 0.25) is 0 Å². The number of nitrogens with zero attached hydrogens (tertiary/aromatic N) is 4. The van der Waals surface area contributed by atoms with Crippen LogP contribution in [0, 0.1) is 13.8 Å². The SMILES string of the molecule is Cc1noc(C)c1CN1C[C@@H](F)C[C@H]1CNC(=O)CCn1cccn1. The maximum atomic E-state index is 13.9. The van der Waals surface area contributed by atoms with Gasteiger partial charge < -0.3 is 9.84 Å². The minimum Gasteiger partial charge on any atom is -0.361 e. The zero-order valence-corrected chi connectivity index (χ0v) is 14.6. The molecular weight excluding hydrogens is 325 g/mol. The maximum absolute atomic E-state index is 13.9. The molecule has 1 saturated heterocycles. The molecule has 3 rings (SSSR count). The van der Waals surface area contributed by atoms with Gasteiger partial charge in [0.1, 0.15) is 11.9 Å². The highest BCUT2D eigenvalue weighted by atomic mass is 19.1. The molecule has 0 unspecified atom stereocenters. The molecule has 8 heteroatoms. The molecule has 1 fully saturated rings. The van der Waals surface area contributed by atoms with Crippen molar-refractivity contribution in [1.29, 1.82) is 0 Å². The molecule has 25 heavy (non-hydrogen) atoms. The molecular formula is C17H24FN5O2. The van der Waals surface area contributed by atoms with E-state index < -0.39 is 6.17 Å². The number of hydrogen-bond acceptors (Lipinski definition) is 5. The van der Waals surface area contributed by atoms with E-state index in [0.717, 1.165) is 17.0 Å². The number of carbonyl (C=O) groups excluding carboxylic acids is 1. The Bertz CT molecular complexity index is 680. The average molecular weight is 349 g/mol. The molecule has 1 aliphatic heterocycles. The van der Waals surface area contributed by atoms with E-state index in [1.165, 1.54) is 0 Å². The lowest BCUT2D eigenvalue weighted by Crippen LogP contribution is -2.40. The summed E-state index contributed by atoms with van der Waals surface area (Å²) in [5.41, 5.74) is 1.84. The van der Waals surface area contributed by atoms with Gasteiger partial charge in [-0.3, -0.25) is 14.4 Å². The molecule has 0 saturated carbocycles. The average Bonchev–Trinajstić information content (AvgIpc) is 3.29. The van der Waals surface area contributed by atoms with Crippen LogP contribution in [0.3, 0.4) is 0 Å². The number of halogens is 1. The Hall–Kier alpha value is -2.22. The number of likely N-dealkylation sites (tertiary alicyclic amines) is 1. The standard InChI is InChI=1S/C17H24FN5O2/c1-12-16(13(2)25-21-12)11-22-10-14(18)8-15(22)9-19-17(24)4-7-23-6-3-5-20-23/h3,5-6,14-15H,4,7-11H2,1-2H3,(H,19,24)/t14-,15-/m0/s1.